The molecule has 0 aliphatic rings. The van der Waals surface area contributed by atoms with Gasteiger partial charge in [-0.1, -0.05) is 12.1 Å². The van der Waals surface area contributed by atoms with E-state index in [1.54, 1.807) is 26.1 Å². The smallest absolute Gasteiger partial charge is 0.412 e. The average molecular weight is 291 g/mol. The van der Waals surface area contributed by atoms with Crippen molar-refractivity contribution in [3.8, 4) is 5.75 Å². The van der Waals surface area contributed by atoms with E-state index in [1.165, 1.54) is 0 Å². The van der Waals surface area contributed by atoms with E-state index in [0.717, 1.165) is 24.3 Å². The lowest BCUT2D eigenvalue weighted by atomic mass is 10.1. The Bertz CT molecular complexity index is 463. The Balaban J connectivity index is 2.92. The van der Waals surface area contributed by atoms with E-state index >= 15 is 0 Å². The van der Waals surface area contributed by atoms with Gasteiger partial charge < -0.3 is 15.2 Å². The molecule has 0 fully saturated rings. The third kappa shape index (κ3) is 4.99. The van der Waals surface area contributed by atoms with Gasteiger partial charge in [-0.15, -0.1) is 0 Å². The molecule has 1 aromatic carbocycles. The predicted octanol–water partition coefficient (Wildman–Crippen LogP) is 3.52. The molecule has 0 radical (unpaired) electrons. The highest BCUT2D eigenvalue weighted by Gasteiger charge is 2.42. The number of alkyl halides is 3. The highest BCUT2D eigenvalue weighted by Crippen LogP contribution is 2.33. The van der Waals surface area contributed by atoms with Crippen LogP contribution in [0.1, 0.15) is 32.4 Å². The number of phenolic OH excluding ortho intramolecular Hbond substituents is 1. The fraction of sp³-hybridized carbons (Fsp3) is 0.462. The summed E-state index contributed by atoms with van der Waals surface area (Å²) in [5, 5.41) is 10.9. The molecule has 1 unspecified atom stereocenters. The molecule has 0 aromatic heterocycles. The number of rotatable bonds is 2. The van der Waals surface area contributed by atoms with Crippen LogP contribution in [0.25, 0.3) is 0 Å². The molecule has 1 rings (SSSR count). The molecule has 0 aliphatic carbocycles. The summed E-state index contributed by atoms with van der Waals surface area (Å²) < 4.78 is 43.7. The van der Waals surface area contributed by atoms with Crippen LogP contribution in [-0.4, -0.2) is 23.0 Å². The number of alkyl carbamates (subject to hydrolysis) is 1. The zero-order chi connectivity index (χ0) is 15.6. The molecule has 112 valence electrons. The largest absolute Gasteiger partial charge is 0.508 e. The van der Waals surface area contributed by atoms with Gasteiger partial charge in [0.1, 0.15) is 11.4 Å². The van der Waals surface area contributed by atoms with Crippen molar-refractivity contribution < 1.29 is 27.8 Å². The Morgan fingerprint density at radius 3 is 2.10 bits per heavy atom. The Hall–Kier alpha value is -1.92. The molecule has 1 atom stereocenters. The fourth-order valence-electron chi connectivity index (χ4n) is 1.45. The molecule has 2 N–H and O–H groups in total. The minimum absolute atomic E-state index is 0.160. The summed E-state index contributed by atoms with van der Waals surface area (Å²) in [5.41, 5.74) is -1.09. The number of amides is 1. The Morgan fingerprint density at radius 2 is 1.70 bits per heavy atom. The normalized spacial score (nSPS) is 13.7. The Morgan fingerprint density at radius 1 is 1.20 bits per heavy atom. The Labute approximate surface area is 114 Å². The number of aromatic hydroxyl groups is 1. The van der Waals surface area contributed by atoms with Crippen LogP contribution in [-0.2, 0) is 4.74 Å². The first-order valence-electron chi connectivity index (χ1n) is 5.84. The van der Waals surface area contributed by atoms with E-state index in [4.69, 9.17) is 9.84 Å². The molecule has 0 saturated carbocycles. The first kappa shape index (κ1) is 16.1. The predicted molar refractivity (Wildman–Crippen MR) is 66.3 cm³/mol. The van der Waals surface area contributed by atoms with Crippen molar-refractivity contribution in [3.63, 3.8) is 0 Å². The monoisotopic (exact) mass is 291 g/mol. The summed E-state index contributed by atoms with van der Waals surface area (Å²) in [6.45, 7) is 4.65. The summed E-state index contributed by atoms with van der Waals surface area (Å²) in [4.78, 5) is 11.5. The maximum Gasteiger partial charge on any atom is 0.412 e. The van der Waals surface area contributed by atoms with Crippen molar-refractivity contribution >= 4 is 6.09 Å². The van der Waals surface area contributed by atoms with E-state index in [0.29, 0.717) is 0 Å². The first-order chi connectivity index (χ1) is 8.99. The summed E-state index contributed by atoms with van der Waals surface area (Å²) in [6.07, 6.45) is -5.83. The maximum absolute atomic E-state index is 13.0. The zero-order valence-electron chi connectivity index (χ0n) is 11.3. The van der Waals surface area contributed by atoms with Crippen LogP contribution >= 0.6 is 0 Å². The summed E-state index contributed by atoms with van der Waals surface area (Å²) in [5.74, 6) is -0.160. The third-order valence-corrected chi connectivity index (χ3v) is 2.21. The standard InChI is InChI=1S/C13H16F3NO3/c1-12(2,3)20-11(19)17-10(13(14,15)16)8-4-6-9(18)7-5-8/h4-7,10,18H,1-3H3,(H,17,19). The number of hydrogen-bond donors (Lipinski definition) is 2. The minimum Gasteiger partial charge on any atom is -0.508 e. The fourth-order valence-corrected chi connectivity index (χ4v) is 1.45. The topological polar surface area (TPSA) is 58.6 Å². The van der Waals surface area contributed by atoms with E-state index in [-0.39, 0.29) is 11.3 Å². The van der Waals surface area contributed by atoms with Crippen molar-refractivity contribution in [2.75, 3.05) is 0 Å². The number of carbonyl (C=O) groups excluding carboxylic acids is 1. The van der Waals surface area contributed by atoms with E-state index < -0.39 is 23.9 Å². The molecule has 1 aromatic rings. The van der Waals surface area contributed by atoms with E-state index in [9.17, 15) is 18.0 Å². The van der Waals surface area contributed by atoms with Gasteiger partial charge in [0.15, 0.2) is 6.04 Å². The van der Waals surface area contributed by atoms with Gasteiger partial charge in [0.2, 0.25) is 0 Å². The lowest BCUT2D eigenvalue weighted by Crippen LogP contribution is -2.41. The SMILES string of the molecule is CC(C)(C)OC(=O)NC(c1ccc(O)cc1)C(F)(F)F. The number of benzene rings is 1. The highest BCUT2D eigenvalue weighted by atomic mass is 19.4. The molecule has 20 heavy (non-hydrogen) atoms. The third-order valence-electron chi connectivity index (χ3n) is 2.21. The van der Waals surface area contributed by atoms with Crippen LogP contribution < -0.4 is 5.32 Å². The molecule has 0 bridgehead atoms. The van der Waals surface area contributed by atoms with Crippen LogP contribution in [0.15, 0.2) is 24.3 Å². The first-order valence-corrected chi connectivity index (χ1v) is 5.84. The van der Waals surface area contributed by atoms with E-state index in [2.05, 4.69) is 0 Å². The molecule has 0 aliphatic heterocycles. The molecule has 1 amide bonds. The van der Waals surface area contributed by atoms with Crippen molar-refractivity contribution in [3.05, 3.63) is 29.8 Å². The molecule has 4 nitrogen and oxygen atoms in total. The molecular formula is C13H16F3NO3. The van der Waals surface area contributed by atoms with Gasteiger partial charge >= 0.3 is 12.3 Å². The van der Waals surface area contributed by atoms with E-state index in [1.807, 2.05) is 0 Å². The number of hydrogen-bond acceptors (Lipinski definition) is 3. The van der Waals surface area contributed by atoms with Gasteiger partial charge in [0.25, 0.3) is 0 Å². The van der Waals surface area contributed by atoms with Gasteiger partial charge in [-0.2, -0.15) is 13.2 Å². The summed E-state index contributed by atoms with van der Waals surface area (Å²) >= 11 is 0. The van der Waals surface area contributed by atoms with Crippen LogP contribution in [0.4, 0.5) is 18.0 Å². The highest BCUT2D eigenvalue weighted by molar-refractivity contribution is 5.68. The lowest BCUT2D eigenvalue weighted by molar-refractivity contribution is -0.156. The maximum atomic E-state index is 13.0. The van der Waals surface area contributed by atoms with Gasteiger partial charge in [-0.05, 0) is 38.5 Å². The number of phenols is 1. The Kier molecular flexibility index (Phi) is 4.52. The van der Waals surface area contributed by atoms with Gasteiger partial charge in [-0.3, -0.25) is 0 Å². The lowest BCUT2D eigenvalue weighted by Gasteiger charge is -2.25. The average Bonchev–Trinajstić information content (AvgIpc) is 2.23. The van der Waals surface area contributed by atoms with Crippen molar-refractivity contribution in [2.24, 2.45) is 0 Å². The second-order valence-electron chi connectivity index (χ2n) is 5.21. The number of ether oxygens (including phenoxy) is 1. The van der Waals surface area contributed by atoms with Crippen LogP contribution in [0.3, 0.4) is 0 Å². The van der Waals surface area contributed by atoms with Crippen LogP contribution in [0.2, 0.25) is 0 Å². The second-order valence-corrected chi connectivity index (χ2v) is 5.21. The van der Waals surface area contributed by atoms with Crippen molar-refractivity contribution in [2.45, 2.75) is 38.6 Å². The van der Waals surface area contributed by atoms with Gasteiger partial charge in [0, 0.05) is 0 Å². The molecular weight excluding hydrogens is 275 g/mol. The molecule has 0 heterocycles. The molecule has 0 spiro atoms. The quantitative estimate of drug-likeness (QED) is 0.876. The molecule has 7 heteroatoms. The minimum atomic E-state index is -4.67. The summed E-state index contributed by atoms with van der Waals surface area (Å²) in [7, 11) is 0. The van der Waals surface area contributed by atoms with Crippen LogP contribution in [0.5, 0.6) is 5.75 Å². The number of nitrogens with one attached hydrogen (secondary N) is 1. The zero-order valence-corrected chi connectivity index (χ0v) is 11.3. The summed E-state index contributed by atoms with van der Waals surface area (Å²) in [6, 6.07) is 2.21. The molecule has 0 saturated heterocycles. The van der Waals surface area contributed by atoms with Gasteiger partial charge in [0.05, 0.1) is 0 Å². The van der Waals surface area contributed by atoms with Crippen molar-refractivity contribution in [1.82, 2.24) is 5.32 Å². The second kappa shape index (κ2) is 5.60. The number of carbonyl (C=O) groups is 1. The van der Waals surface area contributed by atoms with Gasteiger partial charge in [-0.25, -0.2) is 4.79 Å². The van der Waals surface area contributed by atoms with Crippen LogP contribution in [0, 0.1) is 0 Å². The number of halogens is 3. The van der Waals surface area contributed by atoms with Crippen molar-refractivity contribution in [1.29, 1.82) is 0 Å².